The van der Waals surface area contributed by atoms with E-state index in [0.29, 0.717) is 6.54 Å². The van der Waals surface area contributed by atoms with Gasteiger partial charge < -0.3 is 5.32 Å². The Balaban J connectivity index is 2.07. The lowest BCUT2D eigenvalue weighted by atomic mass is 10.2. The summed E-state index contributed by atoms with van der Waals surface area (Å²) in [4.78, 5) is 24.5. The van der Waals surface area contributed by atoms with E-state index in [9.17, 15) is 9.59 Å². The molecule has 2 amide bonds. The van der Waals surface area contributed by atoms with Crippen molar-refractivity contribution in [3.05, 3.63) is 0 Å². The van der Waals surface area contributed by atoms with Crippen molar-refractivity contribution in [1.29, 1.82) is 0 Å². The SMILES string of the molecule is CNCC(C)N1C(=O)C2CC2C1=O. The molecular formula is C9H14N2O2. The van der Waals surface area contributed by atoms with Gasteiger partial charge in [-0.05, 0) is 20.4 Å². The molecule has 0 radical (unpaired) electrons. The Morgan fingerprint density at radius 1 is 1.46 bits per heavy atom. The average molecular weight is 182 g/mol. The van der Waals surface area contributed by atoms with Gasteiger partial charge in [0.15, 0.2) is 0 Å². The second-order valence-electron chi connectivity index (χ2n) is 3.90. The summed E-state index contributed by atoms with van der Waals surface area (Å²) in [5.41, 5.74) is 0. The van der Waals surface area contributed by atoms with Crippen molar-refractivity contribution in [1.82, 2.24) is 10.2 Å². The first-order chi connectivity index (χ1) is 6.16. The highest BCUT2D eigenvalue weighted by Crippen LogP contribution is 2.47. The van der Waals surface area contributed by atoms with E-state index in [1.54, 1.807) is 0 Å². The molecule has 0 aromatic heterocycles. The summed E-state index contributed by atoms with van der Waals surface area (Å²) >= 11 is 0. The summed E-state index contributed by atoms with van der Waals surface area (Å²) in [5.74, 6) is 0.147. The third kappa shape index (κ3) is 1.16. The number of rotatable bonds is 3. The quantitative estimate of drug-likeness (QED) is 0.604. The van der Waals surface area contributed by atoms with Crippen molar-refractivity contribution in [3.63, 3.8) is 0 Å². The first-order valence-electron chi connectivity index (χ1n) is 4.68. The van der Waals surface area contributed by atoms with E-state index in [-0.39, 0.29) is 29.7 Å². The van der Waals surface area contributed by atoms with Gasteiger partial charge in [0.1, 0.15) is 0 Å². The number of likely N-dealkylation sites (N-methyl/N-ethyl adjacent to an activating group) is 1. The largest absolute Gasteiger partial charge is 0.318 e. The topological polar surface area (TPSA) is 49.4 Å². The third-order valence-corrected chi connectivity index (χ3v) is 2.84. The maximum absolute atomic E-state index is 11.6. The van der Waals surface area contributed by atoms with E-state index in [1.165, 1.54) is 4.90 Å². The molecular weight excluding hydrogens is 168 g/mol. The molecule has 3 atom stereocenters. The molecule has 1 saturated heterocycles. The fourth-order valence-electron chi connectivity index (χ4n) is 2.03. The van der Waals surface area contributed by atoms with Gasteiger partial charge in [-0.2, -0.15) is 0 Å². The molecule has 72 valence electrons. The minimum Gasteiger partial charge on any atom is -0.318 e. The second-order valence-corrected chi connectivity index (χ2v) is 3.90. The predicted octanol–water partition coefficient (Wildman–Crippen LogP) is -0.401. The summed E-state index contributed by atoms with van der Waals surface area (Å²) in [6.07, 6.45) is 0.792. The van der Waals surface area contributed by atoms with Crippen LogP contribution < -0.4 is 5.32 Å². The molecule has 3 unspecified atom stereocenters. The summed E-state index contributed by atoms with van der Waals surface area (Å²) in [5, 5.41) is 2.97. The first kappa shape index (κ1) is 8.69. The van der Waals surface area contributed by atoms with Crippen LogP contribution in [-0.2, 0) is 9.59 Å². The molecule has 1 heterocycles. The van der Waals surface area contributed by atoms with Gasteiger partial charge in [0.05, 0.1) is 11.8 Å². The van der Waals surface area contributed by atoms with Crippen molar-refractivity contribution in [2.24, 2.45) is 11.8 Å². The average Bonchev–Trinajstić information content (AvgIpc) is 2.78. The maximum atomic E-state index is 11.6. The molecule has 1 aliphatic carbocycles. The summed E-state index contributed by atoms with van der Waals surface area (Å²) in [6.45, 7) is 2.58. The summed E-state index contributed by atoms with van der Waals surface area (Å²) in [7, 11) is 1.82. The zero-order valence-electron chi connectivity index (χ0n) is 7.91. The van der Waals surface area contributed by atoms with Crippen molar-refractivity contribution in [3.8, 4) is 0 Å². The molecule has 0 bridgehead atoms. The second kappa shape index (κ2) is 2.80. The lowest BCUT2D eigenvalue weighted by Gasteiger charge is -2.23. The fraction of sp³-hybridized carbons (Fsp3) is 0.778. The number of nitrogens with one attached hydrogen (secondary N) is 1. The van der Waals surface area contributed by atoms with Gasteiger partial charge in [-0.15, -0.1) is 0 Å². The summed E-state index contributed by atoms with van der Waals surface area (Å²) in [6, 6.07) is -0.00204. The van der Waals surface area contributed by atoms with E-state index in [1.807, 2.05) is 14.0 Å². The monoisotopic (exact) mass is 182 g/mol. The van der Waals surface area contributed by atoms with Crippen LogP contribution >= 0.6 is 0 Å². The number of carbonyl (C=O) groups excluding carboxylic acids is 2. The predicted molar refractivity (Wildman–Crippen MR) is 46.8 cm³/mol. The molecule has 4 nitrogen and oxygen atoms in total. The molecule has 1 saturated carbocycles. The van der Waals surface area contributed by atoms with E-state index in [2.05, 4.69) is 5.32 Å². The van der Waals surface area contributed by atoms with Crippen molar-refractivity contribution in [2.75, 3.05) is 13.6 Å². The van der Waals surface area contributed by atoms with Crippen molar-refractivity contribution < 1.29 is 9.59 Å². The molecule has 2 aliphatic rings. The lowest BCUT2D eigenvalue weighted by Crippen LogP contribution is -2.44. The number of likely N-dealkylation sites (tertiary alicyclic amines) is 1. The lowest BCUT2D eigenvalue weighted by molar-refractivity contribution is -0.143. The highest BCUT2D eigenvalue weighted by Gasteiger charge is 2.59. The van der Waals surface area contributed by atoms with Gasteiger partial charge in [0.25, 0.3) is 0 Å². The van der Waals surface area contributed by atoms with E-state index in [0.717, 1.165) is 6.42 Å². The van der Waals surface area contributed by atoms with Crippen LogP contribution in [0.1, 0.15) is 13.3 Å². The van der Waals surface area contributed by atoms with Crippen LogP contribution in [0.2, 0.25) is 0 Å². The van der Waals surface area contributed by atoms with Gasteiger partial charge in [0, 0.05) is 12.6 Å². The van der Waals surface area contributed by atoms with E-state index in [4.69, 9.17) is 0 Å². The van der Waals surface area contributed by atoms with Crippen LogP contribution in [0.4, 0.5) is 0 Å². The van der Waals surface area contributed by atoms with Crippen LogP contribution in [0.5, 0.6) is 0 Å². The number of hydrogen-bond acceptors (Lipinski definition) is 3. The summed E-state index contributed by atoms with van der Waals surface area (Å²) < 4.78 is 0. The number of nitrogens with zero attached hydrogens (tertiary/aromatic N) is 1. The molecule has 13 heavy (non-hydrogen) atoms. The van der Waals surface area contributed by atoms with E-state index < -0.39 is 0 Å². The van der Waals surface area contributed by atoms with Crippen LogP contribution in [0.3, 0.4) is 0 Å². The molecule has 0 aromatic rings. The number of carbonyl (C=O) groups is 2. The van der Waals surface area contributed by atoms with Crippen LogP contribution in [0, 0.1) is 11.8 Å². The normalized spacial score (nSPS) is 33.5. The minimum absolute atomic E-state index is 0.00204. The Kier molecular flexibility index (Phi) is 1.87. The Labute approximate surface area is 77.3 Å². The van der Waals surface area contributed by atoms with Crippen molar-refractivity contribution >= 4 is 11.8 Å². The van der Waals surface area contributed by atoms with Crippen LogP contribution in [-0.4, -0.2) is 36.3 Å². The van der Waals surface area contributed by atoms with Crippen LogP contribution in [0.15, 0.2) is 0 Å². The molecule has 4 heteroatoms. The van der Waals surface area contributed by atoms with E-state index >= 15 is 0 Å². The Hall–Kier alpha value is -0.900. The zero-order valence-corrected chi connectivity index (χ0v) is 7.91. The molecule has 0 spiro atoms. The van der Waals surface area contributed by atoms with Gasteiger partial charge in [0.2, 0.25) is 11.8 Å². The maximum Gasteiger partial charge on any atom is 0.233 e. The molecule has 1 aliphatic heterocycles. The number of imide groups is 1. The molecule has 2 fully saturated rings. The molecule has 1 N–H and O–H groups in total. The standard InChI is InChI=1S/C9H14N2O2/c1-5(4-10-2)11-8(12)6-3-7(6)9(11)13/h5-7,10H,3-4H2,1-2H3. The number of piperidine rings is 1. The number of fused-ring (bicyclic) bond motifs is 1. The van der Waals surface area contributed by atoms with Gasteiger partial charge in [-0.1, -0.05) is 0 Å². The molecule has 2 rings (SSSR count). The minimum atomic E-state index is -0.00204. The Morgan fingerprint density at radius 3 is 2.46 bits per heavy atom. The van der Waals surface area contributed by atoms with Crippen molar-refractivity contribution in [2.45, 2.75) is 19.4 Å². The molecule has 0 aromatic carbocycles. The third-order valence-electron chi connectivity index (χ3n) is 2.84. The van der Waals surface area contributed by atoms with Crippen LogP contribution in [0.25, 0.3) is 0 Å². The van der Waals surface area contributed by atoms with Gasteiger partial charge in [-0.3, -0.25) is 14.5 Å². The highest BCUT2D eigenvalue weighted by atomic mass is 16.2. The van der Waals surface area contributed by atoms with Gasteiger partial charge >= 0.3 is 0 Å². The first-order valence-corrected chi connectivity index (χ1v) is 4.68. The number of amides is 2. The smallest absolute Gasteiger partial charge is 0.233 e. The Morgan fingerprint density at radius 2 is 2.00 bits per heavy atom. The fourth-order valence-corrected chi connectivity index (χ4v) is 2.03. The Bertz CT molecular complexity index is 244. The zero-order chi connectivity index (χ0) is 9.59. The van der Waals surface area contributed by atoms with Gasteiger partial charge in [-0.25, -0.2) is 0 Å². The highest BCUT2D eigenvalue weighted by molar-refractivity contribution is 6.09. The number of hydrogen-bond donors (Lipinski definition) is 1.